The molecule has 0 saturated carbocycles. The van der Waals surface area contributed by atoms with E-state index in [9.17, 15) is 9.59 Å². The lowest BCUT2D eigenvalue weighted by molar-refractivity contribution is -0.136. The van der Waals surface area contributed by atoms with Crippen LogP contribution in [-0.4, -0.2) is 28.1 Å². The van der Waals surface area contributed by atoms with Gasteiger partial charge < -0.3 is 15.0 Å². The number of aliphatic carboxylic acids is 1. The van der Waals surface area contributed by atoms with Crippen molar-refractivity contribution in [3.05, 3.63) is 51.8 Å². The quantitative estimate of drug-likeness (QED) is 0.856. The summed E-state index contributed by atoms with van der Waals surface area (Å²) in [6.07, 6.45) is -0.0872. The smallest absolute Gasteiger partial charge is 0.305 e. The number of aryl methyl sites for hydroxylation is 1. The van der Waals surface area contributed by atoms with E-state index in [1.165, 1.54) is 0 Å². The highest BCUT2D eigenvalue weighted by molar-refractivity contribution is 9.10. The van der Waals surface area contributed by atoms with Gasteiger partial charge in [-0.25, -0.2) is 0 Å². The fourth-order valence-corrected chi connectivity index (χ4v) is 2.77. The minimum absolute atomic E-state index is 0.0872. The van der Waals surface area contributed by atoms with Gasteiger partial charge in [-0.3, -0.25) is 9.59 Å². The number of nitrogens with zero attached hydrogens (tertiary/aromatic N) is 1. The Morgan fingerprint density at radius 2 is 2.00 bits per heavy atom. The number of carboxylic acids is 1. The lowest BCUT2D eigenvalue weighted by Gasteiger charge is -2.10. The molecule has 1 heterocycles. The molecule has 0 unspecified atom stereocenters. The maximum Gasteiger partial charge on any atom is 0.305 e. The van der Waals surface area contributed by atoms with Crippen LogP contribution in [0.4, 0.5) is 0 Å². The van der Waals surface area contributed by atoms with Crippen LogP contribution >= 0.6 is 15.9 Å². The van der Waals surface area contributed by atoms with Gasteiger partial charge in [0, 0.05) is 28.1 Å². The van der Waals surface area contributed by atoms with Crippen molar-refractivity contribution < 1.29 is 14.7 Å². The number of nitrogens with one attached hydrogen (secondary N) is 1. The van der Waals surface area contributed by atoms with Gasteiger partial charge in [0.15, 0.2) is 0 Å². The zero-order valence-corrected chi connectivity index (χ0v) is 14.0. The monoisotopic (exact) mass is 364 g/mol. The minimum atomic E-state index is -0.931. The third kappa shape index (κ3) is 3.57. The van der Waals surface area contributed by atoms with E-state index in [-0.39, 0.29) is 18.9 Å². The van der Waals surface area contributed by atoms with Crippen molar-refractivity contribution in [2.24, 2.45) is 0 Å². The van der Waals surface area contributed by atoms with Crippen LogP contribution in [0.15, 0.2) is 34.8 Å². The molecule has 1 aromatic heterocycles. The molecule has 5 nitrogen and oxygen atoms in total. The molecule has 0 fully saturated rings. The Morgan fingerprint density at radius 3 is 2.64 bits per heavy atom. The van der Waals surface area contributed by atoms with Crippen LogP contribution in [-0.2, 0) is 4.79 Å². The summed E-state index contributed by atoms with van der Waals surface area (Å²) in [5.74, 6) is -1.18. The molecule has 0 saturated heterocycles. The van der Waals surface area contributed by atoms with Crippen LogP contribution in [0.1, 0.15) is 28.2 Å². The lowest BCUT2D eigenvalue weighted by Crippen LogP contribution is -2.26. The van der Waals surface area contributed by atoms with E-state index >= 15 is 0 Å². The van der Waals surface area contributed by atoms with Gasteiger partial charge in [0.1, 0.15) is 0 Å². The molecule has 116 valence electrons. The average Bonchev–Trinajstić information content (AvgIpc) is 2.73. The normalized spacial score (nSPS) is 10.5. The number of carboxylic acid groups (broad SMARTS) is 1. The Balaban J connectivity index is 2.27. The topological polar surface area (TPSA) is 71.3 Å². The van der Waals surface area contributed by atoms with Crippen molar-refractivity contribution in [1.82, 2.24) is 9.88 Å². The van der Waals surface area contributed by atoms with Gasteiger partial charge in [0.25, 0.3) is 5.91 Å². The second-order valence-electron chi connectivity index (χ2n) is 5.00. The fraction of sp³-hybridized carbons (Fsp3) is 0.250. The zero-order chi connectivity index (χ0) is 16.3. The van der Waals surface area contributed by atoms with Crippen molar-refractivity contribution in [2.45, 2.75) is 20.3 Å². The predicted molar refractivity (Wildman–Crippen MR) is 87.5 cm³/mol. The van der Waals surface area contributed by atoms with Crippen LogP contribution in [0.2, 0.25) is 0 Å². The molecule has 2 N–H and O–H groups in total. The molecule has 0 spiro atoms. The van der Waals surface area contributed by atoms with Gasteiger partial charge in [0.2, 0.25) is 0 Å². The number of rotatable bonds is 5. The molecule has 0 radical (unpaired) electrons. The predicted octanol–water partition coefficient (Wildman–Crippen LogP) is 3.06. The van der Waals surface area contributed by atoms with Crippen LogP contribution in [0.5, 0.6) is 0 Å². The largest absolute Gasteiger partial charge is 0.481 e. The number of hydrogen-bond acceptors (Lipinski definition) is 2. The second-order valence-corrected chi connectivity index (χ2v) is 5.92. The Kier molecular flexibility index (Phi) is 5.03. The summed E-state index contributed by atoms with van der Waals surface area (Å²) in [6, 6.07) is 9.64. The highest BCUT2D eigenvalue weighted by Crippen LogP contribution is 2.23. The number of amides is 1. The zero-order valence-electron chi connectivity index (χ0n) is 12.4. The van der Waals surface area contributed by atoms with E-state index in [0.717, 1.165) is 21.5 Å². The van der Waals surface area contributed by atoms with Crippen LogP contribution in [0, 0.1) is 13.8 Å². The van der Waals surface area contributed by atoms with E-state index in [2.05, 4.69) is 21.2 Å². The van der Waals surface area contributed by atoms with E-state index in [1.54, 1.807) is 0 Å². The molecule has 0 bridgehead atoms. The van der Waals surface area contributed by atoms with Crippen molar-refractivity contribution in [3.8, 4) is 5.69 Å². The van der Waals surface area contributed by atoms with Crippen molar-refractivity contribution >= 4 is 27.8 Å². The van der Waals surface area contributed by atoms with Gasteiger partial charge in [-0.05, 0) is 38.1 Å². The Bertz CT molecular complexity index is 722. The van der Waals surface area contributed by atoms with E-state index in [4.69, 9.17) is 5.11 Å². The number of halogens is 1. The molecule has 0 aliphatic carbocycles. The number of hydrogen-bond donors (Lipinski definition) is 2. The number of carbonyl (C=O) groups excluding carboxylic acids is 1. The summed E-state index contributed by atoms with van der Waals surface area (Å²) >= 11 is 3.44. The van der Waals surface area contributed by atoms with Gasteiger partial charge in [0.05, 0.1) is 12.0 Å². The average molecular weight is 365 g/mol. The highest BCUT2D eigenvalue weighted by atomic mass is 79.9. The van der Waals surface area contributed by atoms with Crippen LogP contribution in [0.3, 0.4) is 0 Å². The summed E-state index contributed by atoms with van der Waals surface area (Å²) in [5, 5.41) is 11.2. The maximum absolute atomic E-state index is 12.2. The van der Waals surface area contributed by atoms with Crippen molar-refractivity contribution in [3.63, 3.8) is 0 Å². The summed E-state index contributed by atoms with van der Waals surface area (Å²) in [5.41, 5.74) is 3.29. The molecule has 22 heavy (non-hydrogen) atoms. The Hall–Kier alpha value is -2.08. The second kappa shape index (κ2) is 6.79. The molecule has 1 amide bonds. The third-order valence-electron chi connectivity index (χ3n) is 3.37. The molecule has 1 aromatic carbocycles. The Morgan fingerprint density at radius 1 is 1.27 bits per heavy atom. The van der Waals surface area contributed by atoms with Crippen LogP contribution < -0.4 is 5.32 Å². The number of benzene rings is 1. The molecule has 6 heteroatoms. The van der Waals surface area contributed by atoms with E-state index in [0.29, 0.717) is 5.56 Å². The maximum atomic E-state index is 12.2. The van der Waals surface area contributed by atoms with Crippen LogP contribution in [0.25, 0.3) is 5.69 Å². The molecular weight excluding hydrogens is 348 g/mol. The van der Waals surface area contributed by atoms with Gasteiger partial charge in [-0.1, -0.05) is 22.0 Å². The first kappa shape index (κ1) is 16.3. The molecule has 2 rings (SSSR count). The summed E-state index contributed by atoms with van der Waals surface area (Å²) in [6.45, 7) is 3.93. The molecule has 0 aliphatic rings. The van der Waals surface area contributed by atoms with E-state index < -0.39 is 5.97 Å². The lowest BCUT2D eigenvalue weighted by atomic mass is 10.2. The fourth-order valence-electron chi connectivity index (χ4n) is 2.38. The SMILES string of the molecule is Cc1cc(C(=O)NCCC(=O)O)c(C)n1-c1cccc(Br)c1. The van der Waals surface area contributed by atoms with Gasteiger partial charge >= 0.3 is 5.97 Å². The molecular formula is C16H17BrN2O3. The highest BCUT2D eigenvalue weighted by Gasteiger charge is 2.16. The first-order valence-electron chi connectivity index (χ1n) is 6.85. The summed E-state index contributed by atoms with van der Waals surface area (Å²) in [7, 11) is 0. The third-order valence-corrected chi connectivity index (χ3v) is 3.86. The van der Waals surface area contributed by atoms with Crippen molar-refractivity contribution in [2.75, 3.05) is 6.54 Å². The summed E-state index contributed by atoms with van der Waals surface area (Å²) < 4.78 is 2.96. The first-order chi connectivity index (χ1) is 10.4. The number of aromatic nitrogens is 1. The molecule has 0 atom stereocenters. The van der Waals surface area contributed by atoms with Gasteiger partial charge in [-0.15, -0.1) is 0 Å². The van der Waals surface area contributed by atoms with Gasteiger partial charge in [-0.2, -0.15) is 0 Å². The minimum Gasteiger partial charge on any atom is -0.481 e. The standard InChI is InChI=1S/C16H17BrN2O3/c1-10-8-14(16(22)18-7-6-15(20)21)11(2)19(10)13-5-3-4-12(17)9-13/h3-5,8-9H,6-7H2,1-2H3,(H,18,22)(H,20,21). The molecule has 2 aromatic rings. The Labute approximate surface area is 137 Å². The molecule has 0 aliphatic heterocycles. The van der Waals surface area contributed by atoms with Crippen molar-refractivity contribution in [1.29, 1.82) is 0 Å². The number of carbonyl (C=O) groups is 2. The summed E-state index contributed by atoms with van der Waals surface area (Å²) in [4.78, 5) is 22.7. The van der Waals surface area contributed by atoms with E-state index in [1.807, 2.05) is 48.7 Å². The first-order valence-corrected chi connectivity index (χ1v) is 7.64.